The van der Waals surface area contributed by atoms with E-state index in [0.717, 1.165) is 73.3 Å². The van der Waals surface area contributed by atoms with Gasteiger partial charge in [-0.15, -0.1) is 0 Å². The van der Waals surface area contributed by atoms with E-state index in [0.29, 0.717) is 49.5 Å². The summed E-state index contributed by atoms with van der Waals surface area (Å²) in [7, 11) is 1.55. The van der Waals surface area contributed by atoms with Crippen LogP contribution >= 0.6 is 0 Å². The van der Waals surface area contributed by atoms with E-state index in [-0.39, 0.29) is 131 Å². The highest BCUT2D eigenvalue weighted by Gasteiger charge is 2.73. The molecule has 1 aromatic carbocycles. The number of cyclic esters (lactones) is 1. The molecule has 13 aliphatic rings. The highest BCUT2D eigenvalue weighted by atomic mass is 19.4. The second-order valence-electron chi connectivity index (χ2n) is 35.9. The SMILES string of the molecule is CCC(C)(C)C(=O)OC(C)(C)C12CC3CC(CC(C3)C1)C2.CCC(C)(C)C(=O)OC1C2CC3C(=O)OC1C3C2.CCC(C)(C)C(=O)OC1C2CC3C1OC(=O)C3(C#N)C2.CCC(C)(C)C(=O)OC1COC(=O)C1.CCC1(C)CC(=O)N(C)C1=O.CCC1(C)CC(=O)N(c2cc(C)cc(C(F)(F)F)c2)C1=O. The number of amides is 4. The van der Waals surface area contributed by atoms with Crippen molar-refractivity contribution >= 4 is 71.1 Å². The Morgan fingerprint density at radius 3 is 1.52 bits per heavy atom. The van der Waals surface area contributed by atoms with Gasteiger partial charge >= 0.3 is 48.0 Å². The minimum absolute atomic E-state index is 0.00509. The Labute approximate surface area is 618 Å². The molecule has 13 atom stereocenters. The third-order valence-electron chi connectivity index (χ3n) is 26.6. The maximum Gasteiger partial charge on any atom is 0.416 e. The molecule has 21 nitrogen and oxygen atoms in total. The number of anilines is 1. The second-order valence-corrected chi connectivity index (χ2v) is 35.9. The lowest BCUT2D eigenvalue weighted by Crippen LogP contribution is -2.58. The van der Waals surface area contributed by atoms with Gasteiger partial charge in [0.1, 0.15) is 42.7 Å². The number of carbonyl (C=O) groups excluding carboxylic acids is 11. The van der Waals surface area contributed by atoms with Gasteiger partial charge in [-0.3, -0.25) is 62.5 Å². The van der Waals surface area contributed by atoms with Crippen molar-refractivity contribution in [2.45, 2.75) is 296 Å². The lowest BCUT2D eigenvalue weighted by molar-refractivity contribution is -0.206. The average Bonchev–Trinajstić information content (AvgIpc) is 1.69. The highest BCUT2D eigenvalue weighted by molar-refractivity contribution is 6.22. The van der Waals surface area contributed by atoms with Crippen molar-refractivity contribution in [2.75, 3.05) is 18.6 Å². The van der Waals surface area contributed by atoms with E-state index in [4.69, 9.17) is 33.2 Å². The molecule has 5 saturated heterocycles. The van der Waals surface area contributed by atoms with Crippen molar-refractivity contribution in [3.05, 3.63) is 29.3 Å². The monoisotopic (exact) mass is 1480 g/mol. The molecule has 105 heavy (non-hydrogen) atoms. The minimum Gasteiger partial charge on any atom is -0.462 e. The molecule has 8 bridgehead atoms. The standard InChI is InChI=1S/C19H32O2.C15H16F3NO2.C15H19NO4.C14H20O4.C10H16O4.C8H13NO2/c1-6-17(2,3)16(20)21-18(4,5)19-10-13-7-14(11-19)9-15(8-13)12-19;1-4-14(3)8-12(20)19(13(14)21)11-6-9(2)5-10(7-11)15(16,17)18;1-4-14(2,3)12(17)19-10-8-5-9-11(10)20-13(18)15(9,6-8)7-16;1-4-14(2,3)13(16)18-10-7-5-8-9(6-7)12(15)17-11(8)10;1-4-10(2,3)9(12)14-7-5-8(11)13-6-7;1-4-8(2)5-6(10)9(3)7(8)11/h13-15H,6-12H2,1-5H3;5-7H,4,8H2,1-3H3;8-11H,4-6H2,1-3H3;7-11H,4-6H2,1-3H3;7H,4-6H2,1-3H3;4-5H2,1-3H3. The fraction of sp³-hybridized carbons (Fsp3) is 0.778. The Bertz CT molecular complexity index is 3550. The molecule has 584 valence electrons. The largest absolute Gasteiger partial charge is 0.462 e. The first-order valence-corrected chi connectivity index (χ1v) is 38.2. The number of halogens is 3. The molecule has 13 unspecified atom stereocenters. The zero-order valence-corrected chi connectivity index (χ0v) is 65.7. The van der Waals surface area contributed by atoms with Crippen LogP contribution in [-0.4, -0.2) is 120 Å². The number of carbonyl (C=O) groups is 11. The van der Waals surface area contributed by atoms with E-state index in [1.54, 1.807) is 20.9 Å². The topological polar surface area (TPSA) is 283 Å². The van der Waals surface area contributed by atoms with Gasteiger partial charge in [-0.2, -0.15) is 18.4 Å². The molecule has 13 fully saturated rings. The maximum absolute atomic E-state index is 12.9. The number of esters is 7. The van der Waals surface area contributed by atoms with Crippen molar-refractivity contribution in [3.63, 3.8) is 0 Å². The van der Waals surface area contributed by atoms with Gasteiger partial charge in [-0.05, 0) is 220 Å². The number of aryl methyl sites for hydroxylation is 1. The summed E-state index contributed by atoms with van der Waals surface area (Å²) >= 11 is 0. The summed E-state index contributed by atoms with van der Waals surface area (Å²) in [6, 6.07) is 5.42. The summed E-state index contributed by atoms with van der Waals surface area (Å²) in [6.45, 7) is 36.4. The van der Waals surface area contributed by atoms with Gasteiger partial charge in [-0.1, -0.05) is 55.4 Å². The van der Waals surface area contributed by atoms with Crippen LogP contribution in [0.5, 0.6) is 0 Å². The summed E-state index contributed by atoms with van der Waals surface area (Å²) in [5.41, 5.74) is -4.63. The molecule has 1 aromatic rings. The van der Waals surface area contributed by atoms with Gasteiger partial charge in [0.2, 0.25) is 23.6 Å². The van der Waals surface area contributed by atoms with E-state index < -0.39 is 68.1 Å². The van der Waals surface area contributed by atoms with Crippen molar-refractivity contribution in [3.8, 4) is 6.07 Å². The Balaban J connectivity index is 0.000000161. The Hall–Kier alpha value is -6.93. The Kier molecular flexibility index (Phi) is 24.4. The van der Waals surface area contributed by atoms with Gasteiger partial charge in [0.25, 0.3) is 0 Å². The van der Waals surface area contributed by atoms with Crippen molar-refractivity contribution in [1.29, 1.82) is 5.26 Å². The molecule has 4 amide bonds. The van der Waals surface area contributed by atoms with Crippen molar-refractivity contribution in [2.24, 2.45) is 90.7 Å². The molecule has 0 radical (unpaired) electrons. The molecule has 0 N–H and O–H groups in total. The van der Waals surface area contributed by atoms with Crippen LogP contribution in [0.3, 0.4) is 0 Å². The van der Waals surface area contributed by atoms with Crippen LogP contribution in [0.15, 0.2) is 18.2 Å². The zero-order valence-electron chi connectivity index (χ0n) is 65.7. The number of hydrogen-bond acceptors (Lipinski definition) is 19. The van der Waals surface area contributed by atoms with E-state index in [1.165, 1.54) is 56.4 Å². The molecular formula is C81H116F3N3O18. The predicted octanol–water partition coefficient (Wildman–Crippen LogP) is 14.5. The van der Waals surface area contributed by atoms with E-state index in [9.17, 15) is 71.2 Å². The highest BCUT2D eigenvalue weighted by Crippen LogP contribution is 2.65. The maximum atomic E-state index is 12.9. The van der Waals surface area contributed by atoms with Crippen molar-refractivity contribution in [1.82, 2.24) is 4.90 Å². The van der Waals surface area contributed by atoms with Gasteiger partial charge in [0.15, 0.2) is 5.41 Å². The number of likely N-dealkylation sites (tertiary alicyclic amines) is 1. The summed E-state index contributed by atoms with van der Waals surface area (Å²) in [4.78, 5) is 132. The number of rotatable bonds is 16. The zero-order chi connectivity index (χ0) is 78.7. The molecule has 14 rings (SSSR count). The molecule has 8 aliphatic carbocycles. The number of imide groups is 2. The van der Waals surface area contributed by atoms with Crippen LogP contribution in [0.4, 0.5) is 18.9 Å². The van der Waals surface area contributed by atoms with Crippen molar-refractivity contribution < 1.29 is 99.1 Å². The summed E-state index contributed by atoms with van der Waals surface area (Å²) in [5, 5.41) is 9.31. The number of alkyl halides is 3. The number of nitrogens with zero attached hydrogens (tertiary/aromatic N) is 3. The number of ether oxygens (including phenoxy) is 7. The van der Waals surface area contributed by atoms with Crippen LogP contribution in [0.2, 0.25) is 0 Å². The summed E-state index contributed by atoms with van der Waals surface area (Å²) in [6.07, 6.45) is 9.91. The first-order valence-electron chi connectivity index (χ1n) is 38.2. The van der Waals surface area contributed by atoms with Crippen LogP contribution in [0.1, 0.15) is 258 Å². The van der Waals surface area contributed by atoms with Gasteiger partial charge in [-0.25, -0.2) is 0 Å². The van der Waals surface area contributed by atoms with E-state index in [1.807, 2.05) is 90.0 Å². The minimum atomic E-state index is -4.51. The van der Waals surface area contributed by atoms with E-state index >= 15 is 0 Å². The number of hydrogen-bond donors (Lipinski definition) is 0. The van der Waals surface area contributed by atoms with Crippen LogP contribution in [0, 0.1) is 109 Å². The average molecular weight is 1480 g/mol. The fourth-order valence-electron chi connectivity index (χ4n) is 17.5. The molecule has 5 heterocycles. The van der Waals surface area contributed by atoms with Crippen LogP contribution in [0.25, 0.3) is 0 Å². The number of benzene rings is 1. The molecule has 0 spiro atoms. The summed E-state index contributed by atoms with van der Waals surface area (Å²) in [5.74, 6) is 0.895. The predicted molar refractivity (Wildman–Crippen MR) is 378 cm³/mol. The second kappa shape index (κ2) is 30.6. The van der Waals surface area contributed by atoms with Gasteiger partial charge < -0.3 is 33.2 Å². The third-order valence-corrected chi connectivity index (χ3v) is 26.6. The third kappa shape index (κ3) is 16.7. The Morgan fingerprint density at radius 1 is 0.600 bits per heavy atom. The lowest BCUT2D eigenvalue weighted by atomic mass is 9.46. The smallest absolute Gasteiger partial charge is 0.416 e. The van der Waals surface area contributed by atoms with Crippen LogP contribution in [-0.2, 0) is 92.1 Å². The quantitative estimate of drug-likeness (QED) is 0.0844. The molecule has 5 aliphatic heterocycles. The molecule has 0 aromatic heterocycles. The first kappa shape index (κ1) is 83.7. The first-order chi connectivity index (χ1) is 48.5. The molecule has 24 heteroatoms. The Morgan fingerprint density at radius 2 is 1.09 bits per heavy atom. The lowest BCUT2D eigenvalue weighted by Gasteiger charge is -2.61. The van der Waals surface area contributed by atoms with Crippen LogP contribution < -0.4 is 4.90 Å². The number of fused-ring (bicyclic) bond motifs is 2. The van der Waals surface area contributed by atoms with Gasteiger partial charge in [0, 0.05) is 49.0 Å². The normalized spacial score (nSPS) is 33.5. The van der Waals surface area contributed by atoms with E-state index in [2.05, 4.69) is 26.8 Å². The molecular weight excluding hydrogens is 1360 g/mol. The van der Waals surface area contributed by atoms with Gasteiger partial charge in [0.05, 0.1) is 62.1 Å². The summed E-state index contributed by atoms with van der Waals surface area (Å²) < 4.78 is 76.6. The fourth-order valence-corrected chi connectivity index (χ4v) is 17.5. The number of nitriles is 1. The molecule has 8 saturated carbocycles.